The van der Waals surface area contributed by atoms with Crippen molar-refractivity contribution in [3.05, 3.63) is 20.8 Å². The first kappa shape index (κ1) is 15.0. The molecule has 0 aliphatic rings. The molecule has 2 N–H and O–H groups in total. The highest BCUT2D eigenvalue weighted by atomic mass is 79.9. The predicted octanol–water partition coefficient (Wildman–Crippen LogP) is 2.52. The molecule has 1 heterocycles. The van der Waals surface area contributed by atoms with Crippen molar-refractivity contribution in [2.24, 2.45) is 0 Å². The van der Waals surface area contributed by atoms with E-state index in [1.54, 1.807) is 18.4 Å². The van der Waals surface area contributed by atoms with E-state index in [4.69, 9.17) is 5.11 Å². The number of carbonyl (C=O) groups excluding carboxylic acids is 1. The van der Waals surface area contributed by atoms with Crippen LogP contribution in [0.2, 0.25) is 0 Å². The van der Waals surface area contributed by atoms with E-state index < -0.39 is 17.5 Å². The summed E-state index contributed by atoms with van der Waals surface area (Å²) in [5.74, 6) is -1.07. The number of amides is 2. The Morgan fingerprint density at radius 2 is 2.17 bits per heavy atom. The van der Waals surface area contributed by atoms with E-state index in [1.807, 2.05) is 11.4 Å². The lowest BCUT2D eigenvalue weighted by Crippen LogP contribution is -2.53. The summed E-state index contributed by atoms with van der Waals surface area (Å²) in [7, 11) is 1.62. The third-order valence-corrected chi connectivity index (χ3v) is 3.90. The van der Waals surface area contributed by atoms with E-state index in [0.29, 0.717) is 6.54 Å². The molecule has 0 aliphatic carbocycles. The second-order valence-corrected chi connectivity index (χ2v) is 6.77. The monoisotopic (exact) mass is 334 g/mol. The molecule has 1 aromatic heterocycles. The summed E-state index contributed by atoms with van der Waals surface area (Å²) in [4.78, 5) is 24.2. The predicted molar refractivity (Wildman–Crippen MR) is 73.7 cm³/mol. The maximum absolute atomic E-state index is 11.8. The van der Waals surface area contributed by atoms with Crippen LogP contribution in [0.1, 0.15) is 19.4 Å². The average molecular weight is 335 g/mol. The van der Waals surface area contributed by atoms with Crippen molar-refractivity contribution in [3.8, 4) is 0 Å². The van der Waals surface area contributed by atoms with Crippen LogP contribution in [0.4, 0.5) is 4.79 Å². The third-order valence-electron chi connectivity index (χ3n) is 2.34. The molecule has 1 aromatic rings. The molecule has 2 amide bonds. The number of rotatable bonds is 4. The zero-order chi connectivity index (χ0) is 13.9. The summed E-state index contributed by atoms with van der Waals surface area (Å²) in [6, 6.07) is 1.52. The number of aliphatic carboxylic acids is 1. The van der Waals surface area contributed by atoms with E-state index in [2.05, 4.69) is 21.2 Å². The lowest BCUT2D eigenvalue weighted by atomic mass is 10.1. The van der Waals surface area contributed by atoms with Gasteiger partial charge in [-0.3, -0.25) is 0 Å². The topological polar surface area (TPSA) is 69.6 Å². The standard InChI is InChI=1S/C11H15BrN2O3S/c1-11(2,9(15)16)13-10(17)14(3)5-7-4-8(12)18-6-7/h4,6H,5H2,1-3H3,(H,13,17)(H,15,16). The van der Waals surface area contributed by atoms with Crippen LogP contribution in [0, 0.1) is 0 Å². The number of urea groups is 1. The molecule has 7 heteroatoms. The Labute approximate surface area is 118 Å². The van der Waals surface area contributed by atoms with Crippen molar-refractivity contribution in [1.29, 1.82) is 0 Å². The van der Waals surface area contributed by atoms with E-state index >= 15 is 0 Å². The fourth-order valence-electron chi connectivity index (χ4n) is 1.19. The largest absolute Gasteiger partial charge is 0.480 e. The lowest BCUT2D eigenvalue weighted by molar-refractivity contribution is -0.143. The third kappa shape index (κ3) is 3.99. The van der Waals surface area contributed by atoms with Gasteiger partial charge in [-0.2, -0.15) is 0 Å². The first-order chi connectivity index (χ1) is 8.22. The van der Waals surface area contributed by atoms with Crippen LogP contribution in [0.25, 0.3) is 0 Å². The van der Waals surface area contributed by atoms with Gasteiger partial charge in [-0.1, -0.05) is 0 Å². The second kappa shape index (κ2) is 5.71. The Hall–Kier alpha value is -1.08. The summed E-state index contributed by atoms with van der Waals surface area (Å²) in [6.45, 7) is 3.33. The molecule has 0 saturated heterocycles. The summed E-state index contributed by atoms with van der Waals surface area (Å²) in [5.41, 5.74) is -0.279. The van der Waals surface area contributed by atoms with Gasteiger partial charge >= 0.3 is 12.0 Å². The molecular weight excluding hydrogens is 320 g/mol. The molecule has 0 bridgehead atoms. The van der Waals surface area contributed by atoms with Gasteiger partial charge in [-0.05, 0) is 46.8 Å². The molecule has 0 saturated carbocycles. The van der Waals surface area contributed by atoms with Crippen molar-refractivity contribution < 1.29 is 14.7 Å². The lowest BCUT2D eigenvalue weighted by Gasteiger charge is -2.25. The molecule has 5 nitrogen and oxygen atoms in total. The number of carboxylic acids is 1. The fourth-order valence-corrected chi connectivity index (χ4v) is 2.39. The van der Waals surface area contributed by atoms with Crippen molar-refractivity contribution in [2.75, 3.05) is 7.05 Å². The van der Waals surface area contributed by atoms with Crippen LogP contribution in [-0.4, -0.2) is 34.6 Å². The van der Waals surface area contributed by atoms with Crippen LogP contribution in [-0.2, 0) is 11.3 Å². The number of nitrogens with zero attached hydrogens (tertiary/aromatic N) is 1. The minimum atomic E-state index is -1.28. The van der Waals surface area contributed by atoms with Gasteiger partial charge in [0.1, 0.15) is 5.54 Å². The number of hydrogen-bond donors (Lipinski definition) is 2. The Kier molecular flexibility index (Phi) is 4.75. The molecule has 100 valence electrons. The molecule has 0 fully saturated rings. The minimum absolute atomic E-state index is 0.412. The van der Waals surface area contributed by atoms with Crippen molar-refractivity contribution in [3.63, 3.8) is 0 Å². The van der Waals surface area contributed by atoms with Gasteiger partial charge in [-0.15, -0.1) is 11.3 Å². The number of carboxylic acid groups (broad SMARTS) is 1. The SMILES string of the molecule is CN(Cc1csc(Br)c1)C(=O)NC(C)(C)C(=O)O. The summed E-state index contributed by atoms with van der Waals surface area (Å²) >= 11 is 4.89. The Morgan fingerprint density at radius 1 is 1.56 bits per heavy atom. The summed E-state index contributed by atoms with van der Waals surface area (Å²) in [5, 5.41) is 13.3. The maximum atomic E-state index is 11.8. The first-order valence-electron chi connectivity index (χ1n) is 5.22. The van der Waals surface area contributed by atoms with Gasteiger partial charge in [0, 0.05) is 13.6 Å². The zero-order valence-electron chi connectivity index (χ0n) is 10.4. The van der Waals surface area contributed by atoms with Crippen LogP contribution in [0.5, 0.6) is 0 Å². The highest BCUT2D eigenvalue weighted by Crippen LogP contribution is 2.21. The summed E-state index contributed by atoms with van der Waals surface area (Å²) in [6.07, 6.45) is 0. The van der Waals surface area contributed by atoms with Crippen LogP contribution < -0.4 is 5.32 Å². The number of halogens is 1. The molecule has 18 heavy (non-hydrogen) atoms. The van der Waals surface area contributed by atoms with Gasteiger partial charge < -0.3 is 15.3 Å². The van der Waals surface area contributed by atoms with Gasteiger partial charge in [0.05, 0.1) is 3.79 Å². The van der Waals surface area contributed by atoms with Crippen LogP contribution >= 0.6 is 27.3 Å². The molecule has 1 rings (SSSR count). The Bertz CT molecular complexity index is 459. The van der Waals surface area contributed by atoms with Crippen molar-refractivity contribution in [2.45, 2.75) is 25.9 Å². The van der Waals surface area contributed by atoms with E-state index in [0.717, 1.165) is 9.35 Å². The highest BCUT2D eigenvalue weighted by Gasteiger charge is 2.30. The summed E-state index contributed by atoms with van der Waals surface area (Å²) < 4.78 is 0.997. The first-order valence-corrected chi connectivity index (χ1v) is 6.89. The maximum Gasteiger partial charge on any atom is 0.328 e. The molecule has 0 spiro atoms. The number of thiophene rings is 1. The van der Waals surface area contributed by atoms with Crippen molar-refractivity contribution in [1.82, 2.24) is 10.2 Å². The second-order valence-electron chi connectivity index (χ2n) is 4.48. The molecule has 0 radical (unpaired) electrons. The molecule has 0 aromatic carbocycles. The molecular formula is C11H15BrN2O3S. The minimum Gasteiger partial charge on any atom is -0.480 e. The molecule has 0 aliphatic heterocycles. The van der Waals surface area contributed by atoms with Gasteiger partial charge in [0.15, 0.2) is 0 Å². The van der Waals surface area contributed by atoms with E-state index in [1.165, 1.54) is 18.7 Å². The van der Waals surface area contributed by atoms with Crippen LogP contribution in [0.15, 0.2) is 15.2 Å². The van der Waals surface area contributed by atoms with Crippen LogP contribution in [0.3, 0.4) is 0 Å². The number of carbonyl (C=O) groups is 2. The molecule has 0 atom stereocenters. The average Bonchev–Trinajstić information content (AvgIpc) is 2.63. The number of nitrogens with one attached hydrogen (secondary N) is 1. The highest BCUT2D eigenvalue weighted by molar-refractivity contribution is 9.11. The zero-order valence-corrected chi connectivity index (χ0v) is 12.8. The normalized spacial score (nSPS) is 11.1. The quantitative estimate of drug-likeness (QED) is 0.888. The van der Waals surface area contributed by atoms with Gasteiger partial charge in [0.2, 0.25) is 0 Å². The number of hydrogen-bond acceptors (Lipinski definition) is 3. The van der Waals surface area contributed by atoms with Crippen molar-refractivity contribution >= 4 is 39.3 Å². The Balaban J connectivity index is 2.59. The fraction of sp³-hybridized carbons (Fsp3) is 0.455. The van der Waals surface area contributed by atoms with E-state index in [9.17, 15) is 9.59 Å². The Morgan fingerprint density at radius 3 is 2.61 bits per heavy atom. The smallest absolute Gasteiger partial charge is 0.328 e. The van der Waals surface area contributed by atoms with E-state index in [-0.39, 0.29) is 0 Å². The van der Waals surface area contributed by atoms with Gasteiger partial charge in [0.25, 0.3) is 0 Å². The van der Waals surface area contributed by atoms with Gasteiger partial charge in [-0.25, -0.2) is 9.59 Å². The molecule has 0 unspecified atom stereocenters.